The molecule has 1 aliphatic heterocycles. The quantitative estimate of drug-likeness (QED) is 0.560. The highest BCUT2D eigenvalue weighted by molar-refractivity contribution is 5.99. The molecule has 0 bridgehead atoms. The molecule has 2 heterocycles. The molecule has 0 amide bonds. The highest BCUT2D eigenvalue weighted by atomic mass is 19.1. The first-order chi connectivity index (χ1) is 14.2. The van der Waals surface area contributed by atoms with Crippen LogP contribution in [-0.2, 0) is 0 Å². The largest absolute Gasteiger partial charge is 0.477 e. The van der Waals surface area contributed by atoms with Crippen molar-refractivity contribution in [2.75, 3.05) is 43.4 Å². The maximum atomic E-state index is 15.2. The van der Waals surface area contributed by atoms with E-state index < -0.39 is 22.8 Å². The molecule has 3 rings (SSSR count). The van der Waals surface area contributed by atoms with E-state index in [0.29, 0.717) is 24.7 Å². The molecule has 1 unspecified atom stereocenters. The molecule has 1 aromatic heterocycles. The zero-order valence-corrected chi connectivity index (χ0v) is 17.6. The van der Waals surface area contributed by atoms with Crippen LogP contribution in [0.15, 0.2) is 17.1 Å². The van der Waals surface area contributed by atoms with E-state index in [1.165, 1.54) is 10.8 Å². The van der Waals surface area contributed by atoms with Gasteiger partial charge < -0.3 is 25.9 Å². The third kappa shape index (κ3) is 4.21. The zero-order valence-electron chi connectivity index (χ0n) is 17.6. The molecule has 0 saturated carbocycles. The van der Waals surface area contributed by atoms with E-state index in [0.717, 1.165) is 25.7 Å². The zero-order chi connectivity index (χ0) is 22.0. The lowest BCUT2D eigenvalue weighted by molar-refractivity contribution is 0.0681. The first-order valence-corrected chi connectivity index (χ1v) is 10.2. The lowest BCUT2D eigenvalue weighted by Gasteiger charge is -2.23. The van der Waals surface area contributed by atoms with Crippen LogP contribution >= 0.6 is 0 Å². The third-order valence-corrected chi connectivity index (χ3v) is 5.30. The Morgan fingerprint density at radius 3 is 2.83 bits per heavy atom. The fourth-order valence-corrected chi connectivity index (χ4v) is 3.73. The number of carboxylic acid groups (broad SMARTS) is 1. The Hall–Kier alpha value is -2.81. The van der Waals surface area contributed by atoms with Crippen LogP contribution in [0.3, 0.4) is 0 Å². The first-order valence-electron chi connectivity index (χ1n) is 10.2. The van der Waals surface area contributed by atoms with Crippen LogP contribution < -0.4 is 26.2 Å². The highest BCUT2D eigenvalue weighted by Crippen LogP contribution is 2.33. The molecule has 30 heavy (non-hydrogen) atoms. The number of carboxylic acids is 1. The Kier molecular flexibility index (Phi) is 6.50. The highest BCUT2D eigenvalue weighted by Gasteiger charge is 2.28. The smallest absolute Gasteiger partial charge is 0.341 e. The normalized spacial score (nSPS) is 16.6. The van der Waals surface area contributed by atoms with Gasteiger partial charge in [-0.05, 0) is 37.4 Å². The van der Waals surface area contributed by atoms with Crippen molar-refractivity contribution in [3.05, 3.63) is 33.9 Å². The fourth-order valence-electron chi connectivity index (χ4n) is 3.73. The molecule has 4 N–H and O–H groups in total. The molecule has 1 fully saturated rings. The number of nitrogens with two attached hydrogens (primary N) is 1. The number of carbonyl (C=O) groups is 1. The van der Waals surface area contributed by atoms with Crippen LogP contribution in [0.5, 0.6) is 0 Å². The van der Waals surface area contributed by atoms with E-state index in [1.807, 2.05) is 25.7 Å². The maximum absolute atomic E-state index is 15.2. The van der Waals surface area contributed by atoms with Gasteiger partial charge in [0, 0.05) is 13.1 Å². The number of nitrogens with zero attached hydrogens (tertiary/aromatic N) is 2. The van der Waals surface area contributed by atoms with Crippen molar-refractivity contribution in [3.8, 4) is 0 Å². The average molecular weight is 420 g/mol. The Balaban J connectivity index is 2.12. The molecule has 9 heteroatoms. The second kappa shape index (κ2) is 8.91. The van der Waals surface area contributed by atoms with Gasteiger partial charge in [-0.25, -0.2) is 9.18 Å². The molecule has 0 spiro atoms. The Morgan fingerprint density at radius 1 is 1.47 bits per heavy atom. The standard InChI is InChI=1S/C21H29FN4O4/c1-4-24-8-13-5-6-25(9-13)16-7-15-17(19(23)18(16)22)20(27)14(21(28)29)10-26(15)30-11-12(2)3/h7,10,12-13,24H,4-6,8-9,11,23H2,1-3H3,(H,28,29). The monoisotopic (exact) mass is 420 g/mol. The molecule has 164 valence electrons. The van der Waals surface area contributed by atoms with Crippen LogP contribution in [0.4, 0.5) is 15.8 Å². The summed E-state index contributed by atoms with van der Waals surface area (Å²) in [7, 11) is 0. The van der Waals surface area contributed by atoms with Gasteiger partial charge in [-0.2, -0.15) is 4.73 Å². The number of pyridine rings is 1. The first kappa shape index (κ1) is 21.9. The molecule has 1 aliphatic rings. The van der Waals surface area contributed by atoms with Crippen molar-refractivity contribution >= 4 is 28.2 Å². The lowest BCUT2D eigenvalue weighted by atomic mass is 10.1. The number of fused-ring (bicyclic) bond motifs is 1. The molecule has 1 atom stereocenters. The summed E-state index contributed by atoms with van der Waals surface area (Å²) in [6.45, 7) is 9.27. The summed E-state index contributed by atoms with van der Waals surface area (Å²) in [6.07, 6.45) is 2.05. The van der Waals surface area contributed by atoms with Crippen molar-refractivity contribution in [2.24, 2.45) is 11.8 Å². The van der Waals surface area contributed by atoms with Crippen molar-refractivity contribution in [2.45, 2.75) is 27.2 Å². The van der Waals surface area contributed by atoms with Gasteiger partial charge in [0.05, 0.1) is 28.5 Å². The Morgan fingerprint density at radius 2 is 2.20 bits per heavy atom. The molecule has 0 radical (unpaired) electrons. The van der Waals surface area contributed by atoms with Crippen molar-refractivity contribution in [1.29, 1.82) is 0 Å². The number of anilines is 2. The van der Waals surface area contributed by atoms with Crippen LogP contribution in [-0.4, -0.2) is 48.6 Å². The van der Waals surface area contributed by atoms with Crippen LogP contribution in [0.25, 0.3) is 10.9 Å². The molecular weight excluding hydrogens is 391 g/mol. The van der Waals surface area contributed by atoms with Gasteiger partial charge in [-0.15, -0.1) is 0 Å². The van der Waals surface area contributed by atoms with Gasteiger partial charge in [0.15, 0.2) is 5.82 Å². The second-order valence-electron chi connectivity index (χ2n) is 8.12. The fraction of sp³-hybridized carbons (Fsp3) is 0.524. The number of aromatic nitrogens is 1. The molecule has 1 saturated heterocycles. The van der Waals surface area contributed by atoms with E-state index >= 15 is 4.39 Å². The number of rotatable bonds is 8. The summed E-state index contributed by atoms with van der Waals surface area (Å²) in [4.78, 5) is 31.9. The molecule has 8 nitrogen and oxygen atoms in total. The molecule has 0 aliphatic carbocycles. The van der Waals surface area contributed by atoms with E-state index in [4.69, 9.17) is 10.6 Å². The van der Waals surface area contributed by atoms with Crippen molar-refractivity contribution in [1.82, 2.24) is 10.0 Å². The predicted octanol–water partition coefficient (Wildman–Crippen LogP) is 1.94. The summed E-state index contributed by atoms with van der Waals surface area (Å²) in [6, 6.07) is 1.53. The number of nitrogen functional groups attached to an aromatic ring is 1. The van der Waals surface area contributed by atoms with Gasteiger partial charge in [-0.1, -0.05) is 20.8 Å². The number of halogens is 1. The molecule has 1 aromatic carbocycles. The SMILES string of the molecule is CCNCC1CCN(c2cc3c(c(N)c2F)c(=O)c(C(=O)O)cn3OCC(C)C)C1. The summed E-state index contributed by atoms with van der Waals surface area (Å²) < 4.78 is 16.4. The van der Waals surface area contributed by atoms with Gasteiger partial charge >= 0.3 is 5.97 Å². The van der Waals surface area contributed by atoms with E-state index in [9.17, 15) is 14.7 Å². The van der Waals surface area contributed by atoms with E-state index in [1.54, 1.807) is 0 Å². The number of aromatic carboxylic acids is 1. The van der Waals surface area contributed by atoms with Crippen LogP contribution in [0, 0.1) is 17.7 Å². The van der Waals surface area contributed by atoms with E-state index in [2.05, 4.69) is 5.32 Å². The number of hydrogen-bond donors (Lipinski definition) is 3. The second-order valence-corrected chi connectivity index (χ2v) is 8.12. The minimum absolute atomic E-state index is 0.162. The van der Waals surface area contributed by atoms with Gasteiger partial charge in [0.2, 0.25) is 5.43 Å². The topological polar surface area (TPSA) is 110 Å². The molecule has 2 aromatic rings. The number of hydrogen-bond acceptors (Lipinski definition) is 6. The van der Waals surface area contributed by atoms with Crippen LogP contribution in [0.2, 0.25) is 0 Å². The Labute approximate surface area is 174 Å². The minimum Gasteiger partial charge on any atom is -0.477 e. The number of benzene rings is 1. The van der Waals surface area contributed by atoms with Gasteiger partial charge in [0.1, 0.15) is 12.2 Å². The number of nitrogens with one attached hydrogen (secondary N) is 1. The van der Waals surface area contributed by atoms with Crippen molar-refractivity contribution in [3.63, 3.8) is 0 Å². The van der Waals surface area contributed by atoms with E-state index in [-0.39, 0.29) is 29.1 Å². The third-order valence-electron chi connectivity index (χ3n) is 5.30. The van der Waals surface area contributed by atoms with Gasteiger partial charge in [0.25, 0.3) is 0 Å². The summed E-state index contributed by atoms with van der Waals surface area (Å²) in [5.41, 5.74) is 4.88. The minimum atomic E-state index is -1.42. The predicted molar refractivity (Wildman–Crippen MR) is 115 cm³/mol. The van der Waals surface area contributed by atoms with Crippen molar-refractivity contribution < 1.29 is 19.1 Å². The van der Waals surface area contributed by atoms with Crippen LogP contribution in [0.1, 0.15) is 37.6 Å². The lowest BCUT2D eigenvalue weighted by Crippen LogP contribution is -2.28. The summed E-state index contributed by atoms with van der Waals surface area (Å²) in [5, 5.41) is 12.5. The average Bonchev–Trinajstić information content (AvgIpc) is 3.16. The maximum Gasteiger partial charge on any atom is 0.341 e. The van der Waals surface area contributed by atoms with Gasteiger partial charge in [-0.3, -0.25) is 4.79 Å². The summed E-state index contributed by atoms with van der Waals surface area (Å²) >= 11 is 0. The molecular formula is C21H29FN4O4. The summed E-state index contributed by atoms with van der Waals surface area (Å²) in [5.74, 6) is -1.58. The Bertz CT molecular complexity index is 1000.